The highest BCUT2D eigenvalue weighted by Gasteiger charge is 2.07. The number of unbranched alkanes of at least 4 members (excludes halogenated alkanes) is 22. The van der Waals surface area contributed by atoms with E-state index in [-0.39, 0.29) is 18.5 Å². The van der Waals surface area contributed by atoms with Gasteiger partial charge in [0.2, 0.25) is 0 Å². The molecule has 0 aromatic heterocycles. The monoisotopic (exact) mass is 776 g/mol. The number of allylic oxidation sites excluding steroid dienone is 2. The summed E-state index contributed by atoms with van der Waals surface area (Å²) >= 11 is 0. The molecule has 0 unspecified atom stereocenters. The summed E-state index contributed by atoms with van der Waals surface area (Å²) < 4.78 is 11.0. The summed E-state index contributed by atoms with van der Waals surface area (Å²) in [6.45, 7) is 13.6. The topological polar surface area (TPSA) is 76.1 Å². The number of aliphatic hydroxyl groups excluding tert-OH is 1. The average molecular weight is 776 g/mol. The lowest BCUT2D eigenvalue weighted by Crippen LogP contribution is -2.27. The van der Waals surface area contributed by atoms with Crippen LogP contribution in [0.4, 0.5) is 0 Å². The number of aliphatic hydroxyl groups is 1. The zero-order valence-electron chi connectivity index (χ0n) is 37.3. The predicted octanol–water partition coefficient (Wildman–Crippen LogP) is 14.2. The van der Waals surface area contributed by atoms with Crippen molar-refractivity contribution in [1.29, 1.82) is 0 Å². The molecule has 324 valence electrons. The first-order valence-electron chi connectivity index (χ1n) is 24.1. The molecule has 0 aromatic rings. The number of nitrogens with zero attached hydrogens (tertiary/aromatic N) is 1. The van der Waals surface area contributed by atoms with E-state index >= 15 is 0 Å². The molecule has 0 heterocycles. The van der Waals surface area contributed by atoms with Crippen LogP contribution in [0.3, 0.4) is 0 Å². The molecule has 0 bridgehead atoms. The zero-order chi connectivity index (χ0) is 40.3. The Morgan fingerprint density at radius 2 is 0.709 bits per heavy atom. The van der Waals surface area contributed by atoms with E-state index in [1.165, 1.54) is 140 Å². The van der Waals surface area contributed by atoms with Gasteiger partial charge in [0.1, 0.15) is 0 Å². The molecule has 1 N–H and O–H groups in total. The molecule has 0 saturated carbocycles. The summed E-state index contributed by atoms with van der Waals surface area (Å²) in [6, 6.07) is 0. The largest absolute Gasteiger partial charge is 0.463 e. The Morgan fingerprint density at radius 3 is 1.05 bits per heavy atom. The number of rotatable bonds is 43. The first-order chi connectivity index (χ1) is 27.0. The van der Waals surface area contributed by atoms with Gasteiger partial charge in [-0.2, -0.15) is 0 Å². The Kier molecular flexibility index (Phi) is 42.2. The van der Waals surface area contributed by atoms with E-state index in [1.54, 1.807) is 12.2 Å². The highest BCUT2D eigenvalue weighted by molar-refractivity contribution is 5.83. The molecule has 0 aromatic carbocycles. The lowest BCUT2D eigenvalue weighted by molar-refractivity contribution is -0.138. The first-order valence-corrected chi connectivity index (χ1v) is 24.1. The van der Waals surface area contributed by atoms with Gasteiger partial charge < -0.3 is 19.5 Å². The van der Waals surface area contributed by atoms with Crippen LogP contribution in [0.5, 0.6) is 0 Å². The lowest BCUT2D eigenvalue weighted by Gasteiger charge is -2.22. The maximum absolute atomic E-state index is 12.3. The van der Waals surface area contributed by atoms with Crippen LogP contribution >= 0.6 is 0 Å². The van der Waals surface area contributed by atoms with Crippen molar-refractivity contribution in [3.05, 3.63) is 23.3 Å². The molecule has 0 radical (unpaired) electrons. The van der Waals surface area contributed by atoms with Crippen LogP contribution in [0.1, 0.15) is 240 Å². The van der Waals surface area contributed by atoms with E-state index in [9.17, 15) is 14.7 Å². The lowest BCUT2D eigenvalue weighted by atomic mass is 10.0. The van der Waals surface area contributed by atoms with Crippen LogP contribution < -0.4 is 0 Å². The number of carbonyl (C=O) groups is 2. The summed E-state index contributed by atoms with van der Waals surface area (Å²) in [5.74, 6) is -0.275. The van der Waals surface area contributed by atoms with Crippen molar-refractivity contribution in [2.24, 2.45) is 0 Å². The third-order valence-corrected chi connectivity index (χ3v) is 10.9. The third kappa shape index (κ3) is 39.0. The Bertz CT molecular complexity index is 832. The molecule has 0 saturated heterocycles. The maximum Gasteiger partial charge on any atom is 0.330 e. The minimum atomic E-state index is -0.138. The number of carbonyl (C=O) groups excluding carboxylic acids is 2. The smallest absolute Gasteiger partial charge is 0.330 e. The molecular formula is C49H93NO5. The second-order valence-electron chi connectivity index (χ2n) is 16.3. The fraction of sp³-hybridized carbons (Fsp3) is 0.878. The van der Waals surface area contributed by atoms with E-state index in [2.05, 4.69) is 32.6 Å². The summed E-state index contributed by atoms with van der Waals surface area (Å²) in [7, 11) is 0. The van der Waals surface area contributed by atoms with Gasteiger partial charge in [0.25, 0.3) is 0 Å². The minimum Gasteiger partial charge on any atom is -0.463 e. The molecule has 0 atom stereocenters. The SMILES string of the molecule is CCCCCC(=CC(=O)OCCCCCCCCCCCN(CCCO)CCCCCCCCCCCOC(=O)/C=C(\CCCC)CCCCC)CCCC. The minimum absolute atomic E-state index is 0.138. The fourth-order valence-corrected chi connectivity index (χ4v) is 7.29. The highest BCUT2D eigenvalue weighted by atomic mass is 16.5. The normalized spacial score (nSPS) is 12.2. The first kappa shape index (κ1) is 53.3. The van der Waals surface area contributed by atoms with Crippen LogP contribution in [0.2, 0.25) is 0 Å². The zero-order valence-corrected chi connectivity index (χ0v) is 37.3. The number of hydrogen-bond acceptors (Lipinski definition) is 6. The van der Waals surface area contributed by atoms with Crippen LogP contribution in [-0.2, 0) is 19.1 Å². The fourth-order valence-electron chi connectivity index (χ4n) is 7.29. The number of hydrogen-bond donors (Lipinski definition) is 1. The standard InChI is InChI=1S/C49H93NO5/c1-5-9-27-36-46(34-11-7-3)44-48(52)54-42-31-25-21-17-13-15-19-23-29-38-50(40-33-41-51)39-30-24-20-16-14-18-22-26-32-43-55-49(53)45-47(35-12-8-4)37-28-10-6-2/h44-45,51H,5-43H2,1-4H3/b46-44+,47-45?. The number of ether oxygens (including phenoxy) is 2. The Labute approximate surface area is 342 Å². The van der Waals surface area contributed by atoms with Gasteiger partial charge in [-0.05, 0) is 96.6 Å². The summed E-state index contributed by atoms with van der Waals surface area (Å²) in [5.41, 5.74) is 2.54. The average Bonchev–Trinajstić information content (AvgIpc) is 3.18. The van der Waals surface area contributed by atoms with Gasteiger partial charge in [-0.1, -0.05) is 167 Å². The molecule has 6 heteroatoms. The van der Waals surface area contributed by atoms with Crippen LogP contribution in [-0.4, -0.2) is 61.4 Å². The van der Waals surface area contributed by atoms with E-state index in [4.69, 9.17) is 9.47 Å². The van der Waals surface area contributed by atoms with Crippen LogP contribution in [0.25, 0.3) is 0 Å². The van der Waals surface area contributed by atoms with Crippen molar-refractivity contribution in [3.63, 3.8) is 0 Å². The van der Waals surface area contributed by atoms with Crippen molar-refractivity contribution in [3.8, 4) is 0 Å². The van der Waals surface area contributed by atoms with Crippen molar-refractivity contribution >= 4 is 11.9 Å². The van der Waals surface area contributed by atoms with E-state index in [1.807, 2.05) is 0 Å². The van der Waals surface area contributed by atoms with Gasteiger partial charge >= 0.3 is 11.9 Å². The summed E-state index contributed by atoms with van der Waals surface area (Å²) in [6.07, 6.45) is 42.7. The van der Waals surface area contributed by atoms with Gasteiger partial charge in [-0.25, -0.2) is 9.59 Å². The Morgan fingerprint density at radius 1 is 0.400 bits per heavy atom. The molecule has 6 nitrogen and oxygen atoms in total. The highest BCUT2D eigenvalue weighted by Crippen LogP contribution is 2.18. The summed E-state index contributed by atoms with van der Waals surface area (Å²) in [4.78, 5) is 27.2. The molecule has 0 rings (SSSR count). The third-order valence-electron chi connectivity index (χ3n) is 10.9. The van der Waals surface area contributed by atoms with Gasteiger partial charge in [-0.3, -0.25) is 0 Å². The van der Waals surface area contributed by atoms with Crippen molar-refractivity contribution in [2.75, 3.05) is 39.5 Å². The van der Waals surface area contributed by atoms with Gasteiger partial charge in [0.15, 0.2) is 0 Å². The van der Waals surface area contributed by atoms with Crippen molar-refractivity contribution in [1.82, 2.24) is 4.90 Å². The summed E-state index contributed by atoms with van der Waals surface area (Å²) in [5, 5.41) is 9.39. The number of esters is 2. The van der Waals surface area contributed by atoms with Crippen molar-refractivity contribution in [2.45, 2.75) is 240 Å². The molecule has 0 spiro atoms. The molecular weight excluding hydrogens is 683 g/mol. The van der Waals surface area contributed by atoms with Crippen LogP contribution in [0, 0.1) is 0 Å². The molecule has 0 aliphatic carbocycles. The van der Waals surface area contributed by atoms with E-state index < -0.39 is 0 Å². The van der Waals surface area contributed by atoms with Gasteiger partial charge in [-0.15, -0.1) is 0 Å². The maximum atomic E-state index is 12.3. The van der Waals surface area contributed by atoms with Gasteiger partial charge in [0.05, 0.1) is 13.2 Å². The van der Waals surface area contributed by atoms with Crippen LogP contribution in [0.15, 0.2) is 23.3 Å². The van der Waals surface area contributed by atoms with Gasteiger partial charge in [0, 0.05) is 25.3 Å². The second-order valence-corrected chi connectivity index (χ2v) is 16.3. The predicted molar refractivity (Wildman–Crippen MR) is 237 cm³/mol. The molecule has 0 amide bonds. The molecule has 0 aliphatic rings. The Balaban J connectivity index is 3.83. The molecule has 55 heavy (non-hydrogen) atoms. The quantitative estimate of drug-likeness (QED) is 0.0378. The van der Waals surface area contributed by atoms with E-state index in [0.717, 1.165) is 103 Å². The van der Waals surface area contributed by atoms with Crippen molar-refractivity contribution < 1.29 is 24.2 Å². The molecule has 0 aliphatic heterocycles. The Hall–Kier alpha value is -1.66. The van der Waals surface area contributed by atoms with E-state index in [0.29, 0.717) is 13.2 Å². The molecule has 0 fully saturated rings. The second kappa shape index (κ2) is 43.5.